The molecule has 0 aliphatic heterocycles. The van der Waals surface area contributed by atoms with Crippen LogP contribution in [0.5, 0.6) is 5.75 Å². The van der Waals surface area contributed by atoms with Gasteiger partial charge in [-0.05, 0) is 60.4 Å². The maximum atomic E-state index is 13.5. The molecule has 0 bridgehead atoms. The molecule has 2 amide bonds. The number of methoxy groups -OCH3 is 1. The standard InChI is InChI=1S/C35H44N2O5/c1-25(2)34(37-33(40)24-28-17-20-30(42-3)21-18-28)35(41)36-31(23-27-13-8-5-9-14-27)32(39)22-19-29(38)16-10-15-26-11-6-4-7-12-26/h4-9,11-14,17-18,20-21,25,31-32,34,39H,10,15-16,19,22-24H2,1-3H3,(H,36,41)(H,37,40)/t31-,32-,34-/m0/s1. The van der Waals surface area contributed by atoms with Crippen LogP contribution in [-0.4, -0.2) is 48.0 Å². The van der Waals surface area contributed by atoms with Gasteiger partial charge >= 0.3 is 0 Å². The monoisotopic (exact) mass is 572 g/mol. The molecule has 0 aliphatic rings. The largest absolute Gasteiger partial charge is 0.497 e. The van der Waals surface area contributed by atoms with E-state index in [-0.39, 0.29) is 42.8 Å². The fourth-order valence-electron chi connectivity index (χ4n) is 4.88. The molecule has 3 aromatic carbocycles. The third-order valence-electron chi connectivity index (χ3n) is 7.36. The van der Waals surface area contributed by atoms with Gasteiger partial charge in [0.1, 0.15) is 17.6 Å². The van der Waals surface area contributed by atoms with Crippen LogP contribution in [0.3, 0.4) is 0 Å². The highest BCUT2D eigenvalue weighted by molar-refractivity contribution is 5.88. The van der Waals surface area contributed by atoms with E-state index in [4.69, 9.17) is 4.74 Å². The van der Waals surface area contributed by atoms with Crippen LogP contribution in [0.1, 0.15) is 56.2 Å². The maximum Gasteiger partial charge on any atom is 0.243 e. The number of Topliss-reactive ketones (excluding diaryl/α,β-unsaturated/α-hetero) is 1. The number of aliphatic hydroxyl groups excluding tert-OH is 1. The zero-order chi connectivity index (χ0) is 30.3. The van der Waals surface area contributed by atoms with Gasteiger partial charge in [0.15, 0.2) is 0 Å². The van der Waals surface area contributed by atoms with Crippen molar-refractivity contribution in [1.82, 2.24) is 10.6 Å². The second kappa shape index (κ2) is 17.1. The summed E-state index contributed by atoms with van der Waals surface area (Å²) in [5, 5.41) is 17.0. The molecule has 0 unspecified atom stereocenters. The Morgan fingerprint density at radius 2 is 1.40 bits per heavy atom. The van der Waals surface area contributed by atoms with Crippen molar-refractivity contribution in [2.75, 3.05) is 7.11 Å². The van der Waals surface area contributed by atoms with Crippen LogP contribution < -0.4 is 15.4 Å². The van der Waals surface area contributed by atoms with Crippen molar-refractivity contribution in [3.8, 4) is 5.75 Å². The molecule has 7 heteroatoms. The Labute approximate surface area is 249 Å². The Kier molecular flexibility index (Phi) is 13.2. The number of carbonyl (C=O) groups is 3. The fraction of sp³-hybridized carbons (Fsp3) is 0.400. The summed E-state index contributed by atoms with van der Waals surface area (Å²) in [4.78, 5) is 38.9. The topological polar surface area (TPSA) is 105 Å². The van der Waals surface area contributed by atoms with Gasteiger partial charge in [0.05, 0.1) is 25.7 Å². The van der Waals surface area contributed by atoms with Crippen molar-refractivity contribution in [3.63, 3.8) is 0 Å². The van der Waals surface area contributed by atoms with Gasteiger partial charge in [-0.15, -0.1) is 0 Å². The van der Waals surface area contributed by atoms with Gasteiger partial charge in [0.25, 0.3) is 0 Å². The van der Waals surface area contributed by atoms with Gasteiger partial charge in [0, 0.05) is 12.8 Å². The first-order chi connectivity index (χ1) is 20.2. The van der Waals surface area contributed by atoms with E-state index in [1.54, 1.807) is 19.2 Å². The quantitative estimate of drug-likeness (QED) is 0.215. The second-order valence-electron chi connectivity index (χ2n) is 11.1. The minimum Gasteiger partial charge on any atom is -0.497 e. The highest BCUT2D eigenvalue weighted by Gasteiger charge is 2.29. The number of aryl methyl sites for hydroxylation is 1. The molecule has 0 fully saturated rings. The molecular weight excluding hydrogens is 528 g/mol. The van der Waals surface area contributed by atoms with E-state index < -0.39 is 18.2 Å². The van der Waals surface area contributed by atoms with Gasteiger partial charge in [0.2, 0.25) is 11.8 Å². The third-order valence-corrected chi connectivity index (χ3v) is 7.36. The smallest absolute Gasteiger partial charge is 0.243 e. The third kappa shape index (κ3) is 11.1. The van der Waals surface area contributed by atoms with Crippen LogP contribution in [0.25, 0.3) is 0 Å². The summed E-state index contributed by atoms with van der Waals surface area (Å²) >= 11 is 0. The van der Waals surface area contributed by atoms with Crippen molar-refractivity contribution in [1.29, 1.82) is 0 Å². The molecule has 3 rings (SSSR count). The zero-order valence-corrected chi connectivity index (χ0v) is 24.9. The predicted octanol–water partition coefficient (Wildman–Crippen LogP) is 4.84. The first-order valence-corrected chi connectivity index (χ1v) is 14.8. The minimum absolute atomic E-state index is 0.0978. The fourth-order valence-corrected chi connectivity index (χ4v) is 4.88. The van der Waals surface area contributed by atoms with E-state index in [1.165, 1.54) is 5.56 Å². The number of benzene rings is 3. The van der Waals surface area contributed by atoms with E-state index in [2.05, 4.69) is 22.8 Å². The lowest BCUT2D eigenvalue weighted by molar-refractivity contribution is -0.130. The van der Waals surface area contributed by atoms with E-state index in [9.17, 15) is 19.5 Å². The number of carbonyl (C=O) groups excluding carboxylic acids is 3. The van der Waals surface area contributed by atoms with Gasteiger partial charge < -0.3 is 20.5 Å². The maximum absolute atomic E-state index is 13.5. The van der Waals surface area contributed by atoms with Crippen molar-refractivity contribution < 1.29 is 24.2 Å². The molecule has 0 radical (unpaired) electrons. The summed E-state index contributed by atoms with van der Waals surface area (Å²) in [6, 6.07) is 25.5. The lowest BCUT2D eigenvalue weighted by Crippen LogP contribution is -2.55. The van der Waals surface area contributed by atoms with Crippen molar-refractivity contribution in [3.05, 3.63) is 102 Å². The lowest BCUT2D eigenvalue weighted by Gasteiger charge is -2.28. The summed E-state index contributed by atoms with van der Waals surface area (Å²) in [7, 11) is 1.58. The predicted molar refractivity (Wildman–Crippen MR) is 165 cm³/mol. The van der Waals surface area contributed by atoms with E-state index in [1.807, 2.05) is 74.5 Å². The number of ketones is 1. The molecule has 3 atom stereocenters. The summed E-state index contributed by atoms with van der Waals surface area (Å²) < 4.78 is 5.17. The van der Waals surface area contributed by atoms with Crippen LogP contribution in [-0.2, 0) is 33.6 Å². The van der Waals surface area contributed by atoms with Crippen LogP contribution in [0, 0.1) is 5.92 Å². The molecule has 0 spiro atoms. The highest BCUT2D eigenvalue weighted by atomic mass is 16.5. The molecule has 0 heterocycles. The van der Waals surface area contributed by atoms with E-state index >= 15 is 0 Å². The molecule has 0 saturated heterocycles. The summed E-state index contributed by atoms with van der Waals surface area (Å²) in [6.45, 7) is 3.74. The zero-order valence-electron chi connectivity index (χ0n) is 24.9. The van der Waals surface area contributed by atoms with Crippen LogP contribution in [0.2, 0.25) is 0 Å². The molecule has 3 aromatic rings. The lowest BCUT2D eigenvalue weighted by atomic mass is 9.95. The normalized spacial score (nSPS) is 13.2. The number of rotatable bonds is 17. The number of hydrogen-bond donors (Lipinski definition) is 3. The van der Waals surface area contributed by atoms with Crippen LogP contribution in [0.15, 0.2) is 84.9 Å². The Hall–Kier alpha value is -3.97. The first-order valence-electron chi connectivity index (χ1n) is 14.8. The average molecular weight is 573 g/mol. The first kappa shape index (κ1) is 32.5. The van der Waals surface area contributed by atoms with Crippen molar-refractivity contribution >= 4 is 17.6 Å². The molecule has 224 valence electrons. The molecule has 42 heavy (non-hydrogen) atoms. The highest BCUT2D eigenvalue weighted by Crippen LogP contribution is 2.15. The molecular formula is C35H44N2O5. The van der Waals surface area contributed by atoms with Crippen molar-refractivity contribution in [2.24, 2.45) is 5.92 Å². The van der Waals surface area contributed by atoms with Gasteiger partial charge in [-0.1, -0.05) is 86.6 Å². The molecule has 0 aromatic heterocycles. The number of aliphatic hydroxyl groups is 1. The molecule has 3 N–H and O–H groups in total. The summed E-state index contributed by atoms with van der Waals surface area (Å²) in [6.07, 6.45) is 2.14. The Morgan fingerprint density at radius 1 is 0.786 bits per heavy atom. The Balaban J connectivity index is 1.59. The Bertz CT molecular complexity index is 1250. The summed E-state index contributed by atoms with van der Waals surface area (Å²) in [5.74, 6) is -0.000773. The van der Waals surface area contributed by atoms with Crippen molar-refractivity contribution in [2.45, 2.75) is 77.0 Å². The minimum atomic E-state index is -0.921. The Morgan fingerprint density at radius 3 is 2.00 bits per heavy atom. The molecule has 0 aliphatic carbocycles. The molecule has 7 nitrogen and oxygen atoms in total. The SMILES string of the molecule is COc1ccc(CC(=O)N[C@H](C(=O)N[C@@H](Cc2ccccc2)[C@@H](O)CCC(=O)CCCc2ccccc2)C(C)C)cc1. The summed E-state index contributed by atoms with van der Waals surface area (Å²) in [5.41, 5.74) is 2.97. The van der Waals surface area contributed by atoms with Gasteiger partial charge in [-0.3, -0.25) is 14.4 Å². The van der Waals surface area contributed by atoms with E-state index in [0.29, 0.717) is 18.6 Å². The number of nitrogens with one attached hydrogen (secondary N) is 2. The number of ether oxygens (including phenoxy) is 1. The van der Waals surface area contributed by atoms with E-state index in [0.717, 1.165) is 24.0 Å². The second-order valence-corrected chi connectivity index (χ2v) is 11.1. The van der Waals surface area contributed by atoms with Gasteiger partial charge in [-0.25, -0.2) is 0 Å². The molecule has 0 saturated carbocycles. The number of hydrogen-bond acceptors (Lipinski definition) is 5. The van der Waals surface area contributed by atoms with Gasteiger partial charge in [-0.2, -0.15) is 0 Å². The average Bonchev–Trinajstić information content (AvgIpc) is 2.99. The number of amides is 2. The van der Waals surface area contributed by atoms with Crippen LogP contribution in [0.4, 0.5) is 0 Å². The van der Waals surface area contributed by atoms with Crippen LogP contribution >= 0.6 is 0 Å².